The molecule has 3 heterocycles. The van der Waals surface area contributed by atoms with Crippen molar-refractivity contribution in [2.45, 2.75) is 25.3 Å². The van der Waals surface area contributed by atoms with Gasteiger partial charge in [0.05, 0.1) is 13.2 Å². The molecule has 2 fully saturated rings. The SMILES string of the molecule is O=C(CCNC1CCCN(c2cccnn2)C1)N1CCOCC1. The average molecular weight is 319 g/mol. The molecule has 0 saturated carbocycles. The number of nitrogens with one attached hydrogen (secondary N) is 1. The van der Waals surface area contributed by atoms with Gasteiger partial charge in [-0.05, 0) is 25.0 Å². The summed E-state index contributed by atoms with van der Waals surface area (Å²) in [5, 5.41) is 11.7. The van der Waals surface area contributed by atoms with Gasteiger partial charge in [-0.1, -0.05) is 0 Å². The van der Waals surface area contributed by atoms with Crippen LogP contribution in [0.1, 0.15) is 19.3 Å². The van der Waals surface area contributed by atoms with Crippen LogP contribution in [0.3, 0.4) is 0 Å². The van der Waals surface area contributed by atoms with Crippen LogP contribution in [0.15, 0.2) is 18.3 Å². The molecule has 0 radical (unpaired) electrons. The lowest BCUT2D eigenvalue weighted by Crippen LogP contribution is -2.47. The lowest BCUT2D eigenvalue weighted by atomic mass is 10.1. The van der Waals surface area contributed by atoms with E-state index in [1.54, 1.807) is 6.20 Å². The zero-order valence-corrected chi connectivity index (χ0v) is 13.5. The van der Waals surface area contributed by atoms with Gasteiger partial charge in [0.2, 0.25) is 5.91 Å². The number of nitrogens with zero attached hydrogens (tertiary/aromatic N) is 4. The highest BCUT2D eigenvalue weighted by Gasteiger charge is 2.21. The minimum atomic E-state index is 0.224. The number of aromatic nitrogens is 2. The smallest absolute Gasteiger partial charge is 0.224 e. The van der Waals surface area contributed by atoms with Crippen molar-refractivity contribution in [2.75, 3.05) is 50.8 Å². The zero-order valence-electron chi connectivity index (χ0n) is 13.5. The molecular weight excluding hydrogens is 294 g/mol. The fourth-order valence-corrected chi connectivity index (χ4v) is 3.17. The van der Waals surface area contributed by atoms with E-state index >= 15 is 0 Å². The van der Waals surface area contributed by atoms with E-state index in [1.807, 2.05) is 17.0 Å². The van der Waals surface area contributed by atoms with Crippen molar-refractivity contribution < 1.29 is 9.53 Å². The number of rotatable bonds is 5. The summed E-state index contributed by atoms with van der Waals surface area (Å²) in [7, 11) is 0. The second kappa shape index (κ2) is 8.21. The number of hydrogen-bond acceptors (Lipinski definition) is 6. The van der Waals surface area contributed by atoms with Gasteiger partial charge < -0.3 is 19.9 Å². The van der Waals surface area contributed by atoms with Crippen LogP contribution in [-0.4, -0.2) is 73.0 Å². The molecule has 1 amide bonds. The quantitative estimate of drug-likeness (QED) is 0.841. The molecule has 2 aliphatic heterocycles. The van der Waals surface area contributed by atoms with E-state index < -0.39 is 0 Å². The number of amides is 1. The van der Waals surface area contributed by atoms with Gasteiger partial charge in [0.1, 0.15) is 0 Å². The number of anilines is 1. The predicted octanol–water partition coefficient (Wildman–Crippen LogP) is 0.284. The summed E-state index contributed by atoms with van der Waals surface area (Å²) < 4.78 is 5.28. The second-order valence-corrected chi connectivity index (χ2v) is 6.06. The largest absolute Gasteiger partial charge is 0.378 e. The third-order valence-electron chi connectivity index (χ3n) is 4.44. The Morgan fingerprint density at radius 2 is 2.22 bits per heavy atom. The molecule has 0 spiro atoms. The van der Waals surface area contributed by atoms with E-state index in [2.05, 4.69) is 20.4 Å². The third-order valence-corrected chi connectivity index (χ3v) is 4.44. The van der Waals surface area contributed by atoms with Crippen LogP contribution in [0.2, 0.25) is 0 Å². The molecule has 7 nitrogen and oxygen atoms in total. The molecule has 7 heteroatoms. The molecule has 1 aromatic heterocycles. The fourth-order valence-electron chi connectivity index (χ4n) is 3.17. The van der Waals surface area contributed by atoms with Gasteiger partial charge in [0.15, 0.2) is 5.82 Å². The first-order chi connectivity index (χ1) is 11.3. The van der Waals surface area contributed by atoms with Gasteiger partial charge in [-0.25, -0.2) is 0 Å². The summed E-state index contributed by atoms with van der Waals surface area (Å²) in [5.41, 5.74) is 0. The molecular formula is C16H25N5O2. The molecule has 0 bridgehead atoms. The number of carbonyl (C=O) groups is 1. The summed E-state index contributed by atoms with van der Waals surface area (Å²) in [6, 6.07) is 4.32. The normalized spacial score (nSPS) is 22.2. The van der Waals surface area contributed by atoms with E-state index in [4.69, 9.17) is 4.74 Å². The van der Waals surface area contributed by atoms with Crippen LogP contribution in [0, 0.1) is 0 Å². The van der Waals surface area contributed by atoms with E-state index in [9.17, 15) is 4.79 Å². The first-order valence-electron chi connectivity index (χ1n) is 8.44. The average Bonchev–Trinajstić information content (AvgIpc) is 2.63. The number of morpholine rings is 1. The number of carbonyl (C=O) groups excluding carboxylic acids is 1. The fraction of sp³-hybridized carbons (Fsp3) is 0.688. The van der Waals surface area contributed by atoms with Crippen LogP contribution in [0.4, 0.5) is 5.82 Å². The van der Waals surface area contributed by atoms with Gasteiger partial charge >= 0.3 is 0 Å². The Labute approximate surface area is 137 Å². The lowest BCUT2D eigenvalue weighted by Gasteiger charge is -2.34. The molecule has 0 aliphatic carbocycles. The molecule has 126 valence electrons. The summed E-state index contributed by atoms with van der Waals surface area (Å²) >= 11 is 0. The van der Waals surface area contributed by atoms with Gasteiger partial charge in [-0.2, -0.15) is 5.10 Å². The Morgan fingerprint density at radius 1 is 1.35 bits per heavy atom. The zero-order chi connectivity index (χ0) is 15.9. The molecule has 2 saturated heterocycles. The molecule has 0 aromatic carbocycles. The molecule has 1 aromatic rings. The van der Waals surface area contributed by atoms with E-state index in [1.165, 1.54) is 0 Å². The standard InChI is InChI=1S/C16H25N5O2/c22-16(20-9-11-23-12-10-20)5-7-17-14-3-2-8-21(13-14)15-4-1-6-18-19-15/h1,4,6,14,17H,2-3,5,7-13H2. The summed E-state index contributed by atoms with van der Waals surface area (Å²) in [4.78, 5) is 16.3. The van der Waals surface area contributed by atoms with Gasteiger partial charge in [0.25, 0.3) is 0 Å². The monoisotopic (exact) mass is 319 g/mol. The predicted molar refractivity (Wildman–Crippen MR) is 87.3 cm³/mol. The topological polar surface area (TPSA) is 70.6 Å². The highest BCUT2D eigenvalue weighted by atomic mass is 16.5. The molecule has 1 unspecified atom stereocenters. The van der Waals surface area contributed by atoms with Crippen LogP contribution in [0.25, 0.3) is 0 Å². The van der Waals surface area contributed by atoms with Crippen LogP contribution in [-0.2, 0) is 9.53 Å². The van der Waals surface area contributed by atoms with Crippen LogP contribution >= 0.6 is 0 Å². The Hall–Kier alpha value is -1.73. The molecule has 1 N–H and O–H groups in total. The Balaban J connectivity index is 1.40. The maximum atomic E-state index is 12.1. The minimum absolute atomic E-state index is 0.224. The number of hydrogen-bond donors (Lipinski definition) is 1. The van der Waals surface area contributed by atoms with Crippen molar-refractivity contribution in [1.29, 1.82) is 0 Å². The van der Waals surface area contributed by atoms with Crippen LogP contribution in [0.5, 0.6) is 0 Å². The van der Waals surface area contributed by atoms with Crippen molar-refractivity contribution in [1.82, 2.24) is 20.4 Å². The van der Waals surface area contributed by atoms with E-state index in [-0.39, 0.29) is 5.91 Å². The van der Waals surface area contributed by atoms with Crippen molar-refractivity contribution in [3.05, 3.63) is 18.3 Å². The summed E-state index contributed by atoms with van der Waals surface area (Å²) in [6.07, 6.45) is 4.52. The maximum Gasteiger partial charge on any atom is 0.224 e. The van der Waals surface area contributed by atoms with Crippen molar-refractivity contribution in [2.24, 2.45) is 0 Å². The molecule has 1 atom stereocenters. The lowest BCUT2D eigenvalue weighted by molar-refractivity contribution is -0.135. The van der Waals surface area contributed by atoms with E-state index in [0.717, 1.165) is 51.4 Å². The van der Waals surface area contributed by atoms with Crippen molar-refractivity contribution in [3.8, 4) is 0 Å². The first-order valence-corrected chi connectivity index (χ1v) is 8.44. The maximum absolute atomic E-state index is 12.1. The Morgan fingerprint density at radius 3 is 3.00 bits per heavy atom. The van der Waals surface area contributed by atoms with Gasteiger partial charge in [0, 0.05) is 51.4 Å². The van der Waals surface area contributed by atoms with Crippen molar-refractivity contribution >= 4 is 11.7 Å². The first kappa shape index (κ1) is 16.1. The van der Waals surface area contributed by atoms with E-state index in [0.29, 0.717) is 25.7 Å². The van der Waals surface area contributed by atoms with Gasteiger partial charge in [-0.15, -0.1) is 5.10 Å². The summed E-state index contributed by atoms with van der Waals surface area (Å²) in [6.45, 7) is 5.44. The second-order valence-electron chi connectivity index (χ2n) is 6.06. The Kier molecular flexibility index (Phi) is 5.76. The van der Waals surface area contributed by atoms with Crippen LogP contribution < -0.4 is 10.2 Å². The summed E-state index contributed by atoms with van der Waals surface area (Å²) in [5.74, 6) is 1.16. The highest BCUT2D eigenvalue weighted by molar-refractivity contribution is 5.76. The third kappa shape index (κ3) is 4.62. The minimum Gasteiger partial charge on any atom is -0.378 e. The van der Waals surface area contributed by atoms with Crippen molar-refractivity contribution in [3.63, 3.8) is 0 Å². The Bertz CT molecular complexity index is 493. The number of ether oxygens (including phenoxy) is 1. The molecule has 23 heavy (non-hydrogen) atoms. The highest BCUT2D eigenvalue weighted by Crippen LogP contribution is 2.16. The van der Waals surface area contributed by atoms with Gasteiger partial charge in [-0.3, -0.25) is 4.79 Å². The molecule has 2 aliphatic rings. The molecule has 3 rings (SSSR count). The number of piperidine rings is 1.